The Morgan fingerprint density at radius 1 is 1.17 bits per heavy atom. The number of carbonyl (C=O) groups excluding carboxylic acids is 1. The first-order chi connectivity index (χ1) is 11.0. The lowest BCUT2D eigenvalue weighted by Gasteiger charge is -2.13. The van der Waals surface area contributed by atoms with Crippen molar-refractivity contribution < 1.29 is 4.79 Å². The fourth-order valence-electron chi connectivity index (χ4n) is 1.95. The number of amides is 1. The number of hydrogen-bond donors (Lipinski definition) is 3. The van der Waals surface area contributed by atoms with Crippen molar-refractivity contribution in [2.24, 2.45) is 4.99 Å². The molecule has 0 saturated heterocycles. The minimum absolute atomic E-state index is 0.0706. The Labute approximate surface area is 140 Å². The first kappa shape index (κ1) is 19.0. The molecule has 0 bridgehead atoms. The molecule has 0 aliphatic carbocycles. The molecule has 1 aromatic rings. The quantitative estimate of drug-likeness (QED) is 0.509. The lowest BCUT2D eigenvalue weighted by atomic mass is 10.1. The Bertz CT molecular complexity index is 496. The number of guanidine groups is 1. The maximum Gasteiger partial charge on any atom is 0.221 e. The molecule has 0 heterocycles. The van der Waals surface area contributed by atoms with Crippen molar-refractivity contribution >= 4 is 11.9 Å². The monoisotopic (exact) mass is 318 g/mol. The van der Waals surface area contributed by atoms with E-state index in [0.717, 1.165) is 18.9 Å². The lowest BCUT2D eigenvalue weighted by Crippen LogP contribution is -2.40. The van der Waals surface area contributed by atoms with E-state index in [2.05, 4.69) is 59.1 Å². The molecule has 0 aliphatic heterocycles. The van der Waals surface area contributed by atoms with Crippen molar-refractivity contribution in [1.82, 2.24) is 16.0 Å². The summed E-state index contributed by atoms with van der Waals surface area (Å²) in [6.07, 6.45) is 1.39. The van der Waals surface area contributed by atoms with Gasteiger partial charge >= 0.3 is 0 Å². The van der Waals surface area contributed by atoms with Crippen LogP contribution in [-0.2, 0) is 11.3 Å². The van der Waals surface area contributed by atoms with E-state index >= 15 is 0 Å². The number of nitrogens with zero attached hydrogens (tertiary/aromatic N) is 1. The van der Waals surface area contributed by atoms with E-state index in [-0.39, 0.29) is 11.9 Å². The van der Waals surface area contributed by atoms with Crippen molar-refractivity contribution in [3.8, 4) is 0 Å². The minimum Gasteiger partial charge on any atom is -0.357 e. The molecular weight excluding hydrogens is 288 g/mol. The zero-order valence-corrected chi connectivity index (χ0v) is 14.8. The molecule has 5 heteroatoms. The largest absolute Gasteiger partial charge is 0.357 e. The first-order valence-electron chi connectivity index (χ1n) is 8.42. The number of rotatable bonds is 8. The van der Waals surface area contributed by atoms with Crippen molar-refractivity contribution in [2.45, 2.75) is 53.1 Å². The van der Waals surface area contributed by atoms with Crippen LogP contribution in [0, 0.1) is 6.92 Å². The van der Waals surface area contributed by atoms with Crippen LogP contribution in [0.25, 0.3) is 0 Å². The molecule has 5 nitrogen and oxygen atoms in total. The van der Waals surface area contributed by atoms with Crippen molar-refractivity contribution in [1.29, 1.82) is 0 Å². The summed E-state index contributed by atoms with van der Waals surface area (Å²) in [5.74, 6) is 0.811. The normalized spacial score (nSPS) is 12.6. The number of nitrogens with one attached hydrogen (secondary N) is 3. The van der Waals surface area contributed by atoms with E-state index in [0.29, 0.717) is 19.5 Å². The van der Waals surface area contributed by atoms with Gasteiger partial charge < -0.3 is 16.0 Å². The Morgan fingerprint density at radius 2 is 1.87 bits per heavy atom. The molecule has 23 heavy (non-hydrogen) atoms. The van der Waals surface area contributed by atoms with Crippen molar-refractivity contribution in [3.63, 3.8) is 0 Å². The maximum atomic E-state index is 11.8. The van der Waals surface area contributed by atoms with Gasteiger partial charge in [-0.25, -0.2) is 4.99 Å². The van der Waals surface area contributed by atoms with Gasteiger partial charge in [0.1, 0.15) is 0 Å². The summed E-state index contributed by atoms with van der Waals surface area (Å²) >= 11 is 0. The molecule has 0 fully saturated rings. The van der Waals surface area contributed by atoms with Gasteiger partial charge in [-0.1, -0.05) is 36.8 Å². The number of carbonyl (C=O) groups is 1. The summed E-state index contributed by atoms with van der Waals surface area (Å²) in [7, 11) is 0. The number of benzene rings is 1. The zero-order chi connectivity index (χ0) is 17.1. The summed E-state index contributed by atoms with van der Waals surface area (Å²) in [6.45, 7) is 10.2. The van der Waals surface area contributed by atoms with Crippen LogP contribution in [0.3, 0.4) is 0 Å². The van der Waals surface area contributed by atoms with Crippen LogP contribution in [-0.4, -0.2) is 31.0 Å². The lowest BCUT2D eigenvalue weighted by molar-refractivity contribution is -0.121. The van der Waals surface area contributed by atoms with Gasteiger partial charge in [0.2, 0.25) is 5.91 Å². The standard InChI is InChI=1S/C18H30N4O/c1-5-15(4)22-17(23)11-12-20-18(19-6-2)21-13-16-9-7-14(3)8-10-16/h7-10,15H,5-6,11-13H2,1-4H3,(H,22,23)(H2,19,20,21). The highest BCUT2D eigenvalue weighted by Gasteiger charge is 2.05. The van der Waals surface area contributed by atoms with Crippen LogP contribution >= 0.6 is 0 Å². The molecule has 128 valence electrons. The van der Waals surface area contributed by atoms with Gasteiger partial charge in [-0.2, -0.15) is 0 Å². The number of aryl methyl sites for hydroxylation is 1. The second-order valence-corrected chi connectivity index (χ2v) is 5.73. The van der Waals surface area contributed by atoms with Crippen LogP contribution in [0.1, 0.15) is 44.7 Å². The zero-order valence-electron chi connectivity index (χ0n) is 14.8. The summed E-state index contributed by atoms with van der Waals surface area (Å²) < 4.78 is 0. The SMILES string of the molecule is CCNC(=NCc1ccc(C)cc1)NCCC(=O)NC(C)CC. The second-order valence-electron chi connectivity index (χ2n) is 5.73. The minimum atomic E-state index is 0.0706. The Hall–Kier alpha value is -2.04. The van der Waals surface area contributed by atoms with E-state index in [1.54, 1.807) is 0 Å². The highest BCUT2D eigenvalue weighted by Crippen LogP contribution is 2.04. The molecule has 1 amide bonds. The molecule has 3 N–H and O–H groups in total. The Kier molecular flexibility index (Phi) is 8.80. The molecule has 1 aromatic carbocycles. The van der Waals surface area contributed by atoms with Gasteiger partial charge in [0, 0.05) is 25.6 Å². The maximum absolute atomic E-state index is 11.8. The van der Waals surface area contributed by atoms with Crippen LogP contribution in [0.4, 0.5) is 0 Å². The van der Waals surface area contributed by atoms with Gasteiger partial charge in [-0.3, -0.25) is 4.79 Å². The first-order valence-corrected chi connectivity index (χ1v) is 8.42. The van der Waals surface area contributed by atoms with Crippen LogP contribution < -0.4 is 16.0 Å². The topological polar surface area (TPSA) is 65.5 Å². The molecule has 1 rings (SSSR count). The highest BCUT2D eigenvalue weighted by atomic mass is 16.1. The van der Waals surface area contributed by atoms with E-state index in [1.165, 1.54) is 11.1 Å². The van der Waals surface area contributed by atoms with Crippen LogP contribution in [0.5, 0.6) is 0 Å². The third-order valence-electron chi connectivity index (χ3n) is 3.55. The molecule has 0 aromatic heterocycles. The van der Waals surface area contributed by atoms with Gasteiger partial charge in [0.25, 0.3) is 0 Å². The van der Waals surface area contributed by atoms with Crippen molar-refractivity contribution in [2.75, 3.05) is 13.1 Å². The predicted octanol–water partition coefficient (Wildman–Crippen LogP) is 2.35. The smallest absolute Gasteiger partial charge is 0.221 e. The van der Waals surface area contributed by atoms with E-state index in [4.69, 9.17) is 0 Å². The van der Waals surface area contributed by atoms with E-state index < -0.39 is 0 Å². The molecule has 0 spiro atoms. The van der Waals surface area contributed by atoms with Gasteiger partial charge in [-0.15, -0.1) is 0 Å². The summed E-state index contributed by atoms with van der Waals surface area (Å²) in [6, 6.07) is 8.57. The summed E-state index contributed by atoms with van der Waals surface area (Å²) in [4.78, 5) is 16.3. The van der Waals surface area contributed by atoms with E-state index in [1.807, 2.05) is 13.8 Å². The average Bonchev–Trinajstić information content (AvgIpc) is 2.53. The fraction of sp³-hybridized carbons (Fsp3) is 0.556. The molecule has 0 saturated carbocycles. The third-order valence-corrected chi connectivity index (χ3v) is 3.55. The van der Waals surface area contributed by atoms with Crippen molar-refractivity contribution in [3.05, 3.63) is 35.4 Å². The molecule has 1 unspecified atom stereocenters. The van der Waals surface area contributed by atoms with Crippen LogP contribution in [0.15, 0.2) is 29.3 Å². The second kappa shape index (κ2) is 10.6. The average molecular weight is 318 g/mol. The summed E-state index contributed by atoms with van der Waals surface area (Å²) in [5, 5.41) is 9.36. The molecular formula is C18H30N4O. The molecule has 0 radical (unpaired) electrons. The summed E-state index contributed by atoms with van der Waals surface area (Å²) in [5.41, 5.74) is 2.41. The highest BCUT2D eigenvalue weighted by molar-refractivity contribution is 5.81. The molecule has 0 aliphatic rings. The van der Waals surface area contributed by atoms with Gasteiger partial charge in [0.05, 0.1) is 6.54 Å². The van der Waals surface area contributed by atoms with Gasteiger partial charge in [0.15, 0.2) is 5.96 Å². The Balaban J connectivity index is 2.43. The van der Waals surface area contributed by atoms with E-state index in [9.17, 15) is 4.79 Å². The number of aliphatic imine (C=N–C) groups is 1. The Morgan fingerprint density at radius 3 is 2.48 bits per heavy atom. The fourth-order valence-corrected chi connectivity index (χ4v) is 1.95. The van der Waals surface area contributed by atoms with Gasteiger partial charge in [-0.05, 0) is 32.8 Å². The molecule has 1 atom stereocenters. The third kappa shape index (κ3) is 8.24. The predicted molar refractivity (Wildman–Crippen MR) is 96.5 cm³/mol. The van der Waals surface area contributed by atoms with Crippen LogP contribution in [0.2, 0.25) is 0 Å². The number of hydrogen-bond acceptors (Lipinski definition) is 2.